The zero-order valence-electron chi connectivity index (χ0n) is 9.47. The standard InChI is InChI=1S/C11H23NO/c1-5-6-12-7-8-13-10(9-12)11(2,3)4/h10H,5-9H2,1-4H3. The van der Waals surface area contributed by atoms with Crippen molar-refractivity contribution < 1.29 is 4.74 Å². The van der Waals surface area contributed by atoms with Crippen LogP contribution in [0.1, 0.15) is 34.1 Å². The van der Waals surface area contributed by atoms with Crippen molar-refractivity contribution in [1.82, 2.24) is 4.90 Å². The third-order valence-electron chi connectivity index (χ3n) is 2.66. The highest BCUT2D eigenvalue weighted by Gasteiger charge is 2.29. The van der Waals surface area contributed by atoms with E-state index >= 15 is 0 Å². The highest BCUT2D eigenvalue weighted by atomic mass is 16.5. The predicted octanol–water partition coefficient (Wildman–Crippen LogP) is 2.14. The van der Waals surface area contributed by atoms with Gasteiger partial charge in [-0.15, -0.1) is 0 Å². The smallest absolute Gasteiger partial charge is 0.0750 e. The van der Waals surface area contributed by atoms with Gasteiger partial charge in [0.25, 0.3) is 0 Å². The third-order valence-corrected chi connectivity index (χ3v) is 2.66. The summed E-state index contributed by atoms with van der Waals surface area (Å²) in [5, 5.41) is 0. The maximum absolute atomic E-state index is 5.78. The molecule has 13 heavy (non-hydrogen) atoms. The van der Waals surface area contributed by atoms with Crippen LogP contribution in [0.3, 0.4) is 0 Å². The number of rotatable bonds is 2. The van der Waals surface area contributed by atoms with Crippen LogP contribution in [0.25, 0.3) is 0 Å². The summed E-state index contributed by atoms with van der Waals surface area (Å²) in [6.45, 7) is 13.4. The van der Waals surface area contributed by atoms with Crippen LogP contribution in [0.5, 0.6) is 0 Å². The summed E-state index contributed by atoms with van der Waals surface area (Å²) in [4.78, 5) is 2.51. The van der Waals surface area contributed by atoms with E-state index in [1.165, 1.54) is 13.0 Å². The van der Waals surface area contributed by atoms with Gasteiger partial charge in [0.05, 0.1) is 12.7 Å². The Hall–Kier alpha value is -0.0800. The average Bonchev–Trinajstić information content (AvgIpc) is 2.04. The molecule has 1 rings (SSSR count). The Morgan fingerprint density at radius 2 is 2.08 bits per heavy atom. The Balaban J connectivity index is 2.42. The molecule has 1 fully saturated rings. The lowest BCUT2D eigenvalue weighted by molar-refractivity contribution is -0.0792. The molecule has 0 aromatic rings. The van der Waals surface area contributed by atoms with Gasteiger partial charge in [-0.05, 0) is 18.4 Å². The van der Waals surface area contributed by atoms with Gasteiger partial charge < -0.3 is 4.74 Å². The summed E-state index contributed by atoms with van der Waals surface area (Å²) < 4.78 is 5.78. The van der Waals surface area contributed by atoms with E-state index in [1.807, 2.05) is 0 Å². The van der Waals surface area contributed by atoms with Crippen molar-refractivity contribution in [3.63, 3.8) is 0 Å². The van der Waals surface area contributed by atoms with E-state index in [0.29, 0.717) is 6.10 Å². The van der Waals surface area contributed by atoms with Gasteiger partial charge in [-0.2, -0.15) is 0 Å². The molecule has 0 aromatic heterocycles. The van der Waals surface area contributed by atoms with Crippen molar-refractivity contribution in [2.24, 2.45) is 5.41 Å². The fraction of sp³-hybridized carbons (Fsp3) is 1.00. The molecule has 2 heteroatoms. The van der Waals surface area contributed by atoms with E-state index in [4.69, 9.17) is 4.74 Å². The topological polar surface area (TPSA) is 12.5 Å². The van der Waals surface area contributed by atoms with Crippen LogP contribution in [0.2, 0.25) is 0 Å². The Kier molecular flexibility index (Phi) is 3.74. The molecule has 0 aromatic carbocycles. The molecule has 78 valence electrons. The fourth-order valence-electron chi connectivity index (χ4n) is 1.75. The second kappa shape index (κ2) is 4.43. The van der Waals surface area contributed by atoms with Gasteiger partial charge in [0.15, 0.2) is 0 Å². The minimum Gasteiger partial charge on any atom is -0.375 e. The maximum Gasteiger partial charge on any atom is 0.0750 e. The van der Waals surface area contributed by atoms with Gasteiger partial charge in [0, 0.05) is 13.1 Å². The number of hydrogen-bond acceptors (Lipinski definition) is 2. The molecule has 0 bridgehead atoms. The molecule has 0 radical (unpaired) electrons. The summed E-state index contributed by atoms with van der Waals surface area (Å²) in [6.07, 6.45) is 1.66. The monoisotopic (exact) mass is 185 g/mol. The maximum atomic E-state index is 5.78. The summed E-state index contributed by atoms with van der Waals surface area (Å²) >= 11 is 0. The van der Waals surface area contributed by atoms with E-state index in [-0.39, 0.29) is 5.41 Å². The molecule has 0 saturated carbocycles. The first-order chi connectivity index (χ1) is 6.04. The normalized spacial score (nSPS) is 26.3. The van der Waals surface area contributed by atoms with Crippen molar-refractivity contribution in [2.75, 3.05) is 26.2 Å². The van der Waals surface area contributed by atoms with Gasteiger partial charge in [0.1, 0.15) is 0 Å². The lowest BCUT2D eigenvalue weighted by Crippen LogP contribution is -2.48. The van der Waals surface area contributed by atoms with Gasteiger partial charge in [0.2, 0.25) is 0 Å². The highest BCUT2D eigenvalue weighted by Crippen LogP contribution is 2.25. The molecule has 1 unspecified atom stereocenters. The Labute approximate surface area is 82.3 Å². The van der Waals surface area contributed by atoms with E-state index in [2.05, 4.69) is 32.6 Å². The number of hydrogen-bond donors (Lipinski definition) is 0. The van der Waals surface area contributed by atoms with Gasteiger partial charge in [-0.3, -0.25) is 4.90 Å². The first-order valence-corrected chi connectivity index (χ1v) is 5.38. The lowest BCUT2D eigenvalue weighted by atomic mass is 9.88. The van der Waals surface area contributed by atoms with E-state index in [9.17, 15) is 0 Å². The number of morpholine rings is 1. The molecule has 0 N–H and O–H groups in total. The minimum absolute atomic E-state index is 0.284. The zero-order chi connectivity index (χ0) is 9.90. The molecule has 1 atom stereocenters. The summed E-state index contributed by atoms with van der Waals surface area (Å²) in [7, 11) is 0. The van der Waals surface area contributed by atoms with Crippen molar-refractivity contribution >= 4 is 0 Å². The van der Waals surface area contributed by atoms with Gasteiger partial charge in [-0.25, -0.2) is 0 Å². The second-order valence-electron chi connectivity index (χ2n) is 5.03. The molecule has 0 aliphatic carbocycles. The van der Waals surface area contributed by atoms with Crippen LogP contribution in [0, 0.1) is 5.41 Å². The summed E-state index contributed by atoms with van der Waals surface area (Å²) in [5.74, 6) is 0. The zero-order valence-corrected chi connectivity index (χ0v) is 9.47. The quantitative estimate of drug-likeness (QED) is 0.653. The first-order valence-electron chi connectivity index (χ1n) is 5.38. The third kappa shape index (κ3) is 3.28. The SMILES string of the molecule is CCCN1CCOC(C(C)(C)C)C1. The number of nitrogens with zero attached hydrogens (tertiary/aromatic N) is 1. The largest absolute Gasteiger partial charge is 0.375 e. The summed E-state index contributed by atoms with van der Waals surface area (Å²) in [6, 6.07) is 0. The van der Waals surface area contributed by atoms with Crippen LogP contribution in [-0.4, -0.2) is 37.2 Å². The molecular weight excluding hydrogens is 162 g/mol. The predicted molar refractivity (Wildman–Crippen MR) is 55.9 cm³/mol. The van der Waals surface area contributed by atoms with Crippen molar-refractivity contribution in [1.29, 1.82) is 0 Å². The molecule has 1 saturated heterocycles. The lowest BCUT2D eigenvalue weighted by Gasteiger charge is -2.39. The molecule has 2 nitrogen and oxygen atoms in total. The van der Waals surface area contributed by atoms with Crippen LogP contribution in [0.15, 0.2) is 0 Å². The second-order valence-corrected chi connectivity index (χ2v) is 5.03. The average molecular weight is 185 g/mol. The van der Waals surface area contributed by atoms with Gasteiger partial charge in [-0.1, -0.05) is 27.7 Å². The molecule has 1 heterocycles. The minimum atomic E-state index is 0.284. The van der Waals surface area contributed by atoms with E-state index in [0.717, 1.165) is 19.7 Å². The van der Waals surface area contributed by atoms with Crippen LogP contribution >= 0.6 is 0 Å². The molecule has 1 aliphatic rings. The molecule has 1 aliphatic heterocycles. The first kappa shape index (κ1) is 11.0. The number of ether oxygens (including phenoxy) is 1. The van der Waals surface area contributed by atoms with Crippen molar-refractivity contribution in [3.05, 3.63) is 0 Å². The Morgan fingerprint density at radius 1 is 1.38 bits per heavy atom. The molecular formula is C11H23NO. The van der Waals surface area contributed by atoms with Crippen LogP contribution in [-0.2, 0) is 4.74 Å². The van der Waals surface area contributed by atoms with Crippen LogP contribution in [0.4, 0.5) is 0 Å². The Morgan fingerprint density at radius 3 is 2.62 bits per heavy atom. The van der Waals surface area contributed by atoms with E-state index < -0.39 is 0 Å². The highest BCUT2D eigenvalue weighted by molar-refractivity contribution is 4.81. The van der Waals surface area contributed by atoms with Crippen LogP contribution < -0.4 is 0 Å². The fourth-order valence-corrected chi connectivity index (χ4v) is 1.75. The van der Waals surface area contributed by atoms with E-state index in [1.54, 1.807) is 0 Å². The van der Waals surface area contributed by atoms with Gasteiger partial charge >= 0.3 is 0 Å². The Bertz CT molecular complexity index is 149. The molecule has 0 spiro atoms. The van der Waals surface area contributed by atoms with Crippen molar-refractivity contribution in [3.8, 4) is 0 Å². The van der Waals surface area contributed by atoms with Crippen molar-refractivity contribution in [2.45, 2.75) is 40.2 Å². The molecule has 0 amide bonds. The summed E-state index contributed by atoms with van der Waals surface area (Å²) in [5.41, 5.74) is 0.284.